The highest BCUT2D eigenvalue weighted by Gasteiger charge is 2.51. The van der Waals surface area contributed by atoms with E-state index in [1.807, 2.05) is 24.3 Å². The maximum atomic E-state index is 5.18. The molecule has 10 aromatic rings. The molecule has 1 heterocycles. The Labute approximate surface area is 355 Å². The fourth-order valence-electron chi connectivity index (χ4n) is 9.85. The van der Waals surface area contributed by atoms with Crippen molar-refractivity contribution in [1.82, 2.24) is 15.0 Å². The SMILES string of the molecule is c1ccc(-c2ccc(-c3nc(-c4ccccc4)nc(-c4ccccc4-c4cccc(-c5ccc6c(c5)C5(c7ccccc7-c7ccccc75)c5ccccc5-6)c4)n3)cc2)cc1. The molecule has 3 nitrogen and oxygen atoms in total. The number of rotatable bonds is 6. The third kappa shape index (κ3) is 5.55. The summed E-state index contributed by atoms with van der Waals surface area (Å²) in [5.41, 5.74) is 19.8. The zero-order valence-corrected chi connectivity index (χ0v) is 33.2. The highest BCUT2D eigenvalue weighted by atomic mass is 15.0. The largest absolute Gasteiger partial charge is 0.208 e. The average molecular weight is 776 g/mol. The molecule has 1 aromatic heterocycles. The lowest BCUT2D eigenvalue weighted by molar-refractivity contribution is 0.794. The first-order valence-corrected chi connectivity index (χ1v) is 20.9. The van der Waals surface area contributed by atoms with Gasteiger partial charge in [-0.25, -0.2) is 15.0 Å². The number of fused-ring (bicyclic) bond motifs is 10. The van der Waals surface area contributed by atoms with Gasteiger partial charge in [0.2, 0.25) is 0 Å². The molecule has 0 saturated heterocycles. The average Bonchev–Trinajstić information content (AvgIpc) is 3.82. The van der Waals surface area contributed by atoms with Crippen molar-refractivity contribution in [1.29, 1.82) is 0 Å². The number of hydrogen-bond acceptors (Lipinski definition) is 3. The van der Waals surface area contributed by atoms with Gasteiger partial charge in [0, 0.05) is 16.7 Å². The fourth-order valence-corrected chi connectivity index (χ4v) is 9.85. The van der Waals surface area contributed by atoms with Gasteiger partial charge >= 0.3 is 0 Å². The van der Waals surface area contributed by atoms with Crippen molar-refractivity contribution in [2.75, 3.05) is 0 Å². The Morgan fingerprint density at radius 1 is 0.213 bits per heavy atom. The zero-order chi connectivity index (χ0) is 40.3. The Hall–Kier alpha value is -8.01. The molecule has 3 heteroatoms. The summed E-state index contributed by atoms with van der Waals surface area (Å²) in [7, 11) is 0. The van der Waals surface area contributed by atoms with Gasteiger partial charge in [0.05, 0.1) is 5.41 Å². The normalized spacial score (nSPS) is 12.7. The van der Waals surface area contributed by atoms with E-state index in [1.54, 1.807) is 0 Å². The van der Waals surface area contributed by atoms with Gasteiger partial charge in [-0.15, -0.1) is 0 Å². The van der Waals surface area contributed by atoms with Gasteiger partial charge in [-0.05, 0) is 90.0 Å². The van der Waals surface area contributed by atoms with Crippen LogP contribution in [0.5, 0.6) is 0 Å². The van der Waals surface area contributed by atoms with Gasteiger partial charge in [0.15, 0.2) is 17.5 Å². The summed E-state index contributed by atoms with van der Waals surface area (Å²) in [5.74, 6) is 1.90. The molecular weight excluding hydrogens is 739 g/mol. The first-order chi connectivity index (χ1) is 30.2. The van der Waals surface area contributed by atoms with Crippen LogP contribution in [0.2, 0.25) is 0 Å². The van der Waals surface area contributed by atoms with Crippen LogP contribution >= 0.6 is 0 Å². The summed E-state index contributed by atoms with van der Waals surface area (Å²) in [4.78, 5) is 15.4. The van der Waals surface area contributed by atoms with E-state index in [4.69, 9.17) is 15.0 Å². The van der Waals surface area contributed by atoms with E-state index >= 15 is 0 Å². The minimum absolute atomic E-state index is 0.395. The molecule has 1 spiro atoms. The van der Waals surface area contributed by atoms with Crippen molar-refractivity contribution < 1.29 is 0 Å². The number of benzene rings is 9. The summed E-state index contributed by atoms with van der Waals surface area (Å²) >= 11 is 0. The lowest BCUT2D eigenvalue weighted by Crippen LogP contribution is -2.25. The second-order valence-corrected chi connectivity index (χ2v) is 15.9. The third-order valence-corrected chi connectivity index (χ3v) is 12.6. The Kier molecular flexibility index (Phi) is 8.07. The van der Waals surface area contributed by atoms with E-state index in [-0.39, 0.29) is 0 Å². The van der Waals surface area contributed by atoms with E-state index in [2.05, 4.69) is 200 Å². The first-order valence-electron chi connectivity index (χ1n) is 20.9. The van der Waals surface area contributed by atoms with E-state index in [0.717, 1.165) is 38.9 Å². The summed E-state index contributed by atoms with van der Waals surface area (Å²) in [5, 5.41) is 0. The molecule has 0 bridgehead atoms. The van der Waals surface area contributed by atoms with Crippen LogP contribution in [0.1, 0.15) is 22.3 Å². The van der Waals surface area contributed by atoms with Crippen LogP contribution in [0, 0.1) is 0 Å². The van der Waals surface area contributed by atoms with E-state index in [1.165, 1.54) is 55.6 Å². The quantitative estimate of drug-likeness (QED) is 0.169. The molecule has 2 aliphatic carbocycles. The molecule has 0 atom stereocenters. The predicted octanol–water partition coefficient (Wildman–Crippen LogP) is 14.2. The predicted molar refractivity (Wildman–Crippen MR) is 249 cm³/mol. The number of hydrogen-bond donors (Lipinski definition) is 0. The first kappa shape index (κ1) is 35.0. The van der Waals surface area contributed by atoms with Crippen molar-refractivity contribution >= 4 is 0 Å². The zero-order valence-electron chi connectivity index (χ0n) is 33.2. The summed E-state index contributed by atoms with van der Waals surface area (Å²) in [6.07, 6.45) is 0. The molecule has 0 fully saturated rings. The molecule has 9 aromatic carbocycles. The molecule has 0 aliphatic heterocycles. The molecule has 61 heavy (non-hydrogen) atoms. The topological polar surface area (TPSA) is 38.7 Å². The Morgan fingerprint density at radius 3 is 1.20 bits per heavy atom. The van der Waals surface area contributed by atoms with Crippen LogP contribution in [-0.2, 0) is 5.41 Å². The molecule has 0 saturated carbocycles. The third-order valence-electron chi connectivity index (χ3n) is 12.6. The maximum Gasteiger partial charge on any atom is 0.164 e. The van der Waals surface area contributed by atoms with Gasteiger partial charge in [-0.2, -0.15) is 0 Å². The lowest BCUT2D eigenvalue weighted by Gasteiger charge is -2.30. The van der Waals surface area contributed by atoms with Crippen molar-refractivity contribution in [3.05, 3.63) is 247 Å². The highest BCUT2D eigenvalue weighted by Crippen LogP contribution is 2.63. The molecule has 0 amide bonds. The Balaban J connectivity index is 0.980. The number of nitrogens with zero attached hydrogens (tertiary/aromatic N) is 3. The Bertz CT molecular complexity index is 3230. The Morgan fingerprint density at radius 2 is 0.590 bits per heavy atom. The minimum atomic E-state index is -0.395. The second kappa shape index (κ2) is 14.1. The van der Waals surface area contributed by atoms with Crippen LogP contribution in [0.15, 0.2) is 224 Å². The monoisotopic (exact) mass is 775 g/mol. The van der Waals surface area contributed by atoms with Crippen molar-refractivity contribution in [2.24, 2.45) is 0 Å². The van der Waals surface area contributed by atoms with Crippen molar-refractivity contribution in [2.45, 2.75) is 5.41 Å². The number of aromatic nitrogens is 3. The van der Waals surface area contributed by atoms with Gasteiger partial charge in [0.1, 0.15) is 0 Å². The molecule has 284 valence electrons. The van der Waals surface area contributed by atoms with Gasteiger partial charge < -0.3 is 0 Å². The standard InChI is InChI=1S/C58H37N3/c1-3-16-38(17-4-1)39-30-32-41(33-31-39)56-59-55(40-18-5-2-6-19-40)60-57(61-56)50-26-8-7-22-45(50)44-21-15-20-42(36-44)43-34-35-49-48-25-11-14-29-53(48)58(54(49)37-43)51-27-12-9-23-46(51)47-24-10-13-28-52(47)58/h1-37H. The molecule has 0 unspecified atom stereocenters. The molecular formula is C58H37N3. The van der Waals surface area contributed by atoms with Gasteiger partial charge in [0.25, 0.3) is 0 Å². The molecule has 2 aliphatic rings. The summed E-state index contributed by atoms with van der Waals surface area (Å²) < 4.78 is 0. The minimum Gasteiger partial charge on any atom is -0.208 e. The van der Waals surface area contributed by atoms with Gasteiger partial charge in [-0.1, -0.05) is 212 Å². The van der Waals surface area contributed by atoms with Crippen LogP contribution in [0.25, 0.3) is 89.8 Å². The van der Waals surface area contributed by atoms with Crippen molar-refractivity contribution in [3.8, 4) is 89.8 Å². The maximum absolute atomic E-state index is 5.18. The molecule has 12 rings (SSSR count). The highest BCUT2D eigenvalue weighted by molar-refractivity contribution is 5.96. The van der Waals surface area contributed by atoms with E-state index < -0.39 is 5.41 Å². The summed E-state index contributed by atoms with van der Waals surface area (Å²) in [6.45, 7) is 0. The molecule has 0 N–H and O–H groups in total. The molecule has 0 radical (unpaired) electrons. The van der Waals surface area contributed by atoms with Crippen molar-refractivity contribution in [3.63, 3.8) is 0 Å². The van der Waals surface area contributed by atoms with E-state index in [9.17, 15) is 0 Å². The van der Waals surface area contributed by atoms with Crippen LogP contribution in [0.4, 0.5) is 0 Å². The summed E-state index contributed by atoms with van der Waals surface area (Å²) in [6, 6.07) is 80.5. The smallest absolute Gasteiger partial charge is 0.164 e. The van der Waals surface area contributed by atoms with Crippen LogP contribution < -0.4 is 0 Å². The fraction of sp³-hybridized carbons (Fsp3) is 0.0172. The second-order valence-electron chi connectivity index (χ2n) is 15.9. The van der Waals surface area contributed by atoms with E-state index in [0.29, 0.717) is 17.5 Å². The lowest BCUT2D eigenvalue weighted by atomic mass is 9.70. The van der Waals surface area contributed by atoms with Crippen LogP contribution in [0.3, 0.4) is 0 Å². The van der Waals surface area contributed by atoms with Crippen LogP contribution in [-0.4, -0.2) is 15.0 Å². The van der Waals surface area contributed by atoms with Gasteiger partial charge in [-0.3, -0.25) is 0 Å².